The highest BCUT2D eigenvalue weighted by atomic mass is 79.9. The molecular weight excluding hydrogens is 317 g/mol. The van der Waals surface area contributed by atoms with Crippen LogP contribution in [0.1, 0.15) is 12.0 Å². The van der Waals surface area contributed by atoms with Crippen molar-refractivity contribution >= 4 is 21.9 Å². The summed E-state index contributed by atoms with van der Waals surface area (Å²) in [6.07, 6.45) is 0.965. The topological polar surface area (TPSA) is 60.8 Å². The Balaban J connectivity index is 1.84. The second-order valence-electron chi connectivity index (χ2n) is 5.27. The van der Waals surface area contributed by atoms with Crippen molar-refractivity contribution in [2.75, 3.05) is 6.54 Å². The molecule has 0 bridgehead atoms. The molecule has 1 saturated heterocycles. The first-order valence-corrected chi connectivity index (χ1v) is 6.90. The summed E-state index contributed by atoms with van der Waals surface area (Å²) in [5, 5.41) is 19.0. The molecule has 0 unspecified atom stereocenters. The Kier molecular flexibility index (Phi) is 3.02. The summed E-state index contributed by atoms with van der Waals surface area (Å²) in [4.78, 5) is 13.1. The van der Waals surface area contributed by atoms with Crippen LogP contribution in [0.25, 0.3) is 0 Å². The lowest BCUT2D eigenvalue weighted by molar-refractivity contribution is -0.143. The van der Waals surface area contributed by atoms with Gasteiger partial charge >= 0.3 is 5.97 Å². The lowest BCUT2D eigenvalue weighted by Gasteiger charge is -2.24. The molecule has 19 heavy (non-hydrogen) atoms. The summed E-state index contributed by atoms with van der Waals surface area (Å²) < 4.78 is 14.0. The number of rotatable bonds is 3. The van der Waals surface area contributed by atoms with E-state index in [4.69, 9.17) is 0 Å². The third-order valence-electron chi connectivity index (χ3n) is 3.98. The number of aromatic hydroxyl groups is 1. The molecule has 1 heterocycles. The maximum Gasteiger partial charge on any atom is 0.321 e. The van der Waals surface area contributed by atoms with E-state index in [0.29, 0.717) is 22.5 Å². The Morgan fingerprint density at radius 1 is 1.53 bits per heavy atom. The predicted molar refractivity (Wildman–Crippen MR) is 69.2 cm³/mol. The van der Waals surface area contributed by atoms with Crippen LogP contribution in [0.3, 0.4) is 0 Å². The predicted octanol–water partition coefficient (Wildman–Crippen LogP) is 2.20. The summed E-state index contributed by atoms with van der Waals surface area (Å²) >= 11 is 3.18. The monoisotopic (exact) mass is 329 g/mol. The molecule has 4 nitrogen and oxygen atoms in total. The highest BCUT2D eigenvalue weighted by Gasteiger charge is 2.55. The van der Waals surface area contributed by atoms with Gasteiger partial charge in [-0.05, 0) is 30.4 Å². The highest BCUT2D eigenvalue weighted by Crippen LogP contribution is 2.50. The maximum absolute atomic E-state index is 13.4. The Morgan fingerprint density at radius 2 is 2.26 bits per heavy atom. The number of hydrogen-bond donors (Lipinski definition) is 2. The number of piperidine rings is 1. The van der Waals surface area contributed by atoms with Crippen LogP contribution < -0.4 is 0 Å². The van der Waals surface area contributed by atoms with Crippen molar-refractivity contribution in [1.82, 2.24) is 4.90 Å². The van der Waals surface area contributed by atoms with E-state index in [2.05, 4.69) is 15.9 Å². The molecule has 1 aliphatic heterocycles. The van der Waals surface area contributed by atoms with Crippen molar-refractivity contribution in [3.63, 3.8) is 0 Å². The zero-order valence-electron chi connectivity index (χ0n) is 10.0. The first-order chi connectivity index (χ1) is 8.97. The molecule has 1 saturated carbocycles. The lowest BCUT2D eigenvalue weighted by atomic mass is 10.1. The molecule has 2 aliphatic rings. The van der Waals surface area contributed by atoms with Gasteiger partial charge in [-0.2, -0.15) is 0 Å². The van der Waals surface area contributed by atoms with Crippen molar-refractivity contribution in [3.05, 3.63) is 28.0 Å². The number of carboxylic acids is 1. The van der Waals surface area contributed by atoms with E-state index in [-0.39, 0.29) is 12.5 Å². The van der Waals surface area contributed by atoms with Crippen LogP contribution in [0.4, 0.5) is 4.39 Å². The van der Waals surface area contributed by atoms with Gasteiger partial charge in [0, 0.05) is 23.1 Å². The van der Waals surface area contributed by atoms with E-state index in [1.165, 1.54) is 6.07 Å². The number of nitrogens with zero attached hydrogens (tertiary/aromatic N) is 1. The van der Waals surface area contributed by atoms with Crippen molar-refractivity contribution in [1.29, 1.82) is 0 Å². The second kappa shape index (κ2) is 4.45. The minimum absolute atomic E-state index is 0.219. The van der Waals surface area contributed by atoms with Gasteiger partial charge < -0.3 is 10.2 Å². The zero-order chi connectivity index (χ0) is 13.7. The average molecular weight is 330 g/mol. The molecule has 1 aliphatic carbocycles. The van der Waals surface area contributed by atoms with Gasteiger partial charge in [-0.15, -0.1) is 0 Å². The fraction of sp³-hybridized carbons (Fsp3) is 0.462. The van der Waals surface area contributed by atoms with Crippen LogP contribution >= 0.6 is 15.9 Å². The molecule has 102 valence electrons. The maximum atomic E-state index is 13.4. The molecule has 2 fully saturated rings. The van der Waals surface area contributed by atoms with Crippen LogP contribution in [0, 0.1) is 17.7 Å². The van der Waals surface area contributed by atoms with E-state index >= 15 is 0 Å². The van der Waals surface area contributed by atoms with Crippen LogP contribution in [0.2, 0.25) is 0 Å². The molecule has 0 radical (unpaired) electrons. The molecule has 0 amide bonds. The fourth-order valence-electron chi connectivity index (χ4n) is 3.01. The van der Waals surface area contributed by atoms with Gasteiger partial charge in [-0.25, -0.2) is 4.39 Å². The standard InChI is InChI=1S/C13H13BrFNO3/c14-8-1-7(12(17)10(15)3-8)5-16-4-6-2-9(6)11(16)13(18)19/h1,3,6,9,11,17H,2,4-5H2,(H,18,19)/t6-,9-,11+/m1/s1. The number of phenols is 1. The van der Waals surface area contributed by atoms with Crippen molar-refractivity contribution in [2.24, 2.45) is 11.8 Å². The summed E-state index contributed by atoms with van der Waals surface area (Å²) in [5.74, 6) is -1.26. The molecule has 0 aromatic heterocycles. The fourth-order valence-corrected chi connectivity index (χ4v) is 3.49. The van der Waals surface area contributed by atoms with Crippen LogP contribution in [0.15, 0.2) is 16.6 Å². The first-order valence-electron chi connectivity index (χ1n) is 6.11. The van der Waals surface area contributed by atoms with Gasteiger partial charge in [-0.1, -0.05) is 15.9 Å². The number of carbonyl (C=O) groups is 1. The Labute approximate surface area is 118 Å². The molecule has 1 aromatic carbocycles. The van der Waals surface area contributed by atoms with E-state index in [0.717, 1.165) is 6.42 Å². The molecule has 3 rings (SSSR count). The number of fused-ring (bicyclic) bond motifs is 1. The van der Waals surface area contributed by atoms with Gasteiger partial charge in [0.2, 0.25) is 0 Å². The number of halogens is 2. The summed E-state index contributed by atoms with van der Waals surface area (Å²) in [6, 6.07) is 2.31. The number of aliphatic carboxylic acids is 1. The van der Waals surface area contributed by atoms with Gasteiger partial charge in [0.1, 0.15) is 6.04 Å². The van der Waals surface area contributed by atoms with Crippen LogP contribution in [-0.2, 0) is 11.3 Å². The molecular formula is C13H13BrFNO3. The third-order valence-corrected chi connectivity index (χ3v) is 4.44. The Hall–Kier alpha value is -1.14. The number of carboxylic acid groups (broad SMARTS) is 1. The SMILES string of the molecule is O=C(O)[C@@H]1[C@@H]2C[C@@H]2CN1Cc1cc(Br)cc(F)c1O. The normalized spacial score (nSPS) is 29.3. The van der Waals surface area contributed by atoms with E-state index in [1.807, 2.05) is 4.90 Å². The summed E-state index contributed by atoms with van der Waals surface area (Å²) in [5.41, 5.74) is 0.416. The van der Waals surface area contributed by atoms with E-state index < -0.39 is 23.6 Å². The van der Waals surface area contributed by atoms with E-state index in [9.17, 15) is 19.4 Å². The zero-order valence-corrected chi connectivity index (χ0v) is 11.6. The molecule has 0 spiro atoms. The Morgan fingerprint density at radius 3 is 2.95 bits per heavy atom. The summed E-state index contributed by atoms with van der Waals surface area (Å²) in [7, 11) is 0. The quantitative estimate of drug-likeness (QED) is 0.892. The Bertz CT molecular complexity index is 551. The van der Waals surface area contributed by atoms with Crippen molar-refractivity contribution in [2.45, 2.75) is 19.0 Å². The van der Waals surface area contributed by atoms with Gasteiger partial charge in [-0.3, -0.25) is 9.69 Å². The smallest absolute Gasteiger partial charge is 0.321 e. The minimum atomic E-state index is -0.833. The number of likely N-dealkylation sites (tertiary alicyclic amines) is 1. The molecule has 1 aromatic rings. The van der Waals surface area contributed by atoms with Crippen LogP contribution in [-0.4, -0.2) is 33.7 Å². The summed E-state index contributed by atoms with van der Waals surface area (Å²) in [6.45, 7) is 0.960. The number of benzene rings is 1. The van der Waals surface area contributed by atoms with Gasteiger partial charge in [0.15, 0.2) is 11.6 Å². The van der Waals surface area contributed by atoms with Crippen molar-refractivity contribution < 1.29 is 19.4 Å². The second-order valence-corrected chi connectivity index (χ2v) is 6.18. The number of hydrogen-bond acceptors (Lipinski definition) is 3. The van der Waals surface area contributed by atoms with E-state index in [1.54, 1.807) is 6.07 Å². The van der Waals surface area contributed by atoms with Gasteiger partial charge in [0.25, 0.3) is 0 Å². The average Bonchev–Trinajstić information content (AvgIpc) is 2.96. The largest absolute Gasteiger partial charge is 0.505 e. The van der Waals surface area contributed by atoms with Crippen molar-refractivity contribution in [3.8, 4) is 5.75 Å². The van der Waals surface area contributed by atoms with Gasteiger partial charge in [0.05, 0.1) is 0 Å². The number of phenolic OH excluding ortho intramolecular Hbond substituents is 1. The molecule has 3 atom stereocenters. The highest BCUT2D eigenvalue weighted by molar-refractivity contribution is 9.10. The lowest BCUT2D eigenvalue weighted by Crippen LogP contribution is -2.38. The first kappa shape index (κ1) is 12.9. The minimum Gasteiger partial charge on any atom is -0.505 e. The molecule has 6 heteroatoms. The van der Waals surface area contributed by atoms with Crippen LogP contribution in [0.5, 0.6) is 5.75 Å². The molecule has 2 N–H and O–H groups in total. The third kappa shape index (κ3) is 2.23.